The maximum absolute atomic E-state index is 10.4. The summed E-state index contributed by atoms with van der Waals surface area (Å²) in [5, 5.41) is 0. The Morgan fingerprint density at radius 3 is 2.47 bits per heavy atom. The van der Waals surface area contributed by atoms with E-state index in [-0.39, 0.29) is 5.75 Å². The van der Waals surface area contributed by atoms with Crippen molar-refractivity contribution >= 4 is 10.1 Å². The molecule has 1 aliphatic heterocycles. The van der Waals surface area contributed by atoms with Crippen molar-refractivity contribution in [2.75, 3.05) is 25.4 Å². The number of hydrogen-bond donors (Lipinski definition) is 1. The van der Waals surface area contributed by atoms with Gasteiger partial charge in [-0.1, -0.05) is 6.08 Å². The number of rotatable bonds is 5. The first-order valence-electron chi connectivity index (χ1n) is 5.41. The molecule has 0 spiro atoms. The quantitative estimate of drug-likeness (QED) is 0.509. The van der Waals surface area contributed by atoms with E-state index in [2.05, 4.69) is 6.58 Å². The van der Waals surface area contributed by atoms with E-state index in [4.69, 9.17) is 0 Å². The monoisotopic (exact) mass is 233 g/mol. The van der Waals surface area contributed by atoms with Gasteiger partial charge in [0.1, 0.15) is 0 Å². The van der Waals surface area contributed by atoms with Gasteiger partial charge >= 0.3 is 0 Å². The lowest BCUT2D eigenvalue weighted by molar-refractivity contribution is -0.905. The molecule has 0 aromatic heterocycles. The topological polar surface area (TPSA) is 61.6 Å². The number of allylic oxidation sites excluding steroid dienone is 1. The van der Waals surface area contributed by atoms with Crippen LogP contribution >= 0.6 is 0 Å². The summed E-state index contributed by atoms with van der Waals surface area (Å²) in [5.74, 6) is 0.401. The van der Waals surface area contributed by atoms with Crippen LogP contribution in [-0.2, 0) is 10.1 Å². The highest BCUT2D eigenvalue weighted by molar-refractivity contribution is 7.85. The molecule has 0 atom stereocenters. The van der Waals surface area contributed by atoms with Crippen LogP contribution in [0.25, 0.3) is 0 Å². The second-order valence-electron chi connectivity index (χ2n) is 4.19. The molecule has 5 heteroatoms. The van der Waals surface area contributed by atoms with Crippen molar-refractivity contribution < 1.29 is 17.9 Å². The van der Waals surface area contributed by atoms with Gasteiger partial charge < -0.3 is 9.45 Å². The second kappa shape index (κ2) is 5.63. The summed E-state index contributed by atoms with van der Waals surface area (Å²) in [7, 11) is -4.02. The highest BCUT2D eigenvalue weighted by Crippen LogP contribution is 2.09. The summed E-state index contributed by atoms with van der Waals surface area (Å²) in [6.07, 6.45) is 4.74. The van der Waals surface area contributed by atoms with Gasteiger partial charge in [0, 0.05) is 25.0 Å². The lowest BCUT2D eigenvalue weighted by atomic mass is 9.97. The first-order valence-corrected chi connectivity index (χ1v) is 6.98. The fourth-order valence-corrected chi connectivity index (χ4v) is 2.53. The molecule has 1 heterocycles. The minimum absolute atomic E-state index is 0.221. The number of likely N-dealkylation sites (tertiary alicyclic amines) is 1. The molecule has 0 unspecified atom stereocenters. The number of piperidine rings is 1. The van der Waals surface area contributed by atoms with Gasteiger partial charge in [0.2, 0.25) is 0 Å². The predicted molar refractivity (Wildman–Crippen MR) is 57.7 cm³/mol. The maximum Gasteiger partial charge on any atom is 0.0948 e. The lowest BCUT2D eigenvalue weighted by Crippen LogP contribution is -3.13. The van der Waals surface area contributed by atoms with E-state index in [9.17, 15) is 13.0 Å². The van der Waals surface area contributed by atoms with E-state index < -0.39 is 10.1 Å². The Balaban J connectivity index is 2.16. The van der Waals surface area contributed by atoms with Crippen molar-refractivity contribution in [2.45, 2.75) is 19.3 Å². The van der Waals surface area contributed by atoms with Gasteiger partial charge in [-0.15, -0.1) is 6.58 Å². The molecule has 1 fully saturated rings. The van der Waals surface area contributed by atoms with Crippen molar-refractivity contribution in [3.8, 4) is 0 Å². The first kappa shape index (κ1) is 12.7. The number of nitrogens with one attached hydrogen (secondary N) is 1. The molecule has 0 saturated carbocycles. The Morgan fingerprint density at radius 1 is 1.40 bits per heavy atom. The molecule has 1 saturated heterocycles. The normalized spacial score (nSPS) is 27.5. The predicted octanol–water partition coefficient (Wildman–Crippen LogP) is -0.597. The Hall–Kier alpha value is -0.390. The summed E-state index contributed by atoms with van der Waals surface area (Å²) in [5.41, 5.74) is 0. The van der Waals surface area contributed by atoms with Crippen LogP contribution in [0.4, 0.5) is 0 Å². The molecule has 4 nitrogen and oxygen atoms in total. The summed E-state index contributed by atoms with van der Waals surface area (Å²) in [6, 6.07) is 0. The smallest absolute Gasteiger partial charge is 0.0948 e. The second-order valence-corrected chi connectivity index (χ2v) is 5.71. The summed E-state index contributed by atoms with van der Waals surface area (Å²) in [4.78, 5) is 1.41. The number of quaternary nitrogens is 1. The van der Waals surface area contributed by atoms with Crippen molar-refractivity contribution in [3.05, 3.63) is 12.7 Å². The van der Waals surface area contributed by atoms with Crippen molar-refractivity contribution in [1.29, 1.82) is 0 Å². The molecule has 0 radical (unpaired) electrons. The van der Waals surface area contributed by atoms with Gasteiger partial charge in [-0.3, -0.25) is 0 Å². The lowest BCUT2D eigenvalue weighted by Gasteiger charge is -2.27. The molecular formula is C10H19NO3S. The van der Waals surface area contributed by atoms with Crippen molar-refractivity contribution in [2.24, 2.45) is 5.92 Å². The molecule has 88 valence electrons. The highest BCUT2D eigenvalue weighted by Gasteiger charge is 2.19. The molecule has 15 heavy (non-hydrogen) atoms. The highest BCUT2D eigenvalue weighted by atomic mass is 32.2. The average molecular weight is 233 g/mol. The third kappa shape index (κ3) is 5.30. The molecule has 0 bridgehead atoms. The fourth-order valence-electron chi connectivity index (χ4n) is 2.03. The zero-order valence-corrected chi connectivity index (χ0v) is 9.76. The Bertz CT molecular complexity index is 292. The minimum Gasteiger partial charge on any atom is -0.748 e. The third-order valence-electron chi connectivity index (χ3n) is 3.00. The number of hydrogen-bond acceptors (Lipinski definition) is 3. The standard InChI is InChI=1S/C10H19NO3S/c1-2-10-4-7-11(8-5-10)6-3-9-15(12,13)14/h2,10H,1,3-9H2,(H,12,13,14). The van der Waals surface area contributed by atoms with Gasteiger partial charge in [0.05, 0.1) is 29.8 Å². The van der Waals surface area contributed by atoms with Gasteiger partial charge in [-0.05, 0) is 5.92 Å². The van der Waals surface area contributed by atoms with Crippen LogP contribution in [0.1, 0.15) is 19.3 Å². The Labute approximate surface area is 91.7 Å². The molecule has 1 N–H and O–H groups in total. The summed E-state index contributed by atoms with van der Waals surface area (Å²) in [6.45, 7) is 6.70. The van der Waals surface area contributed by atoms with Gasteiger partial charge in [-0.25, -0.2) is 8.42 Å². The van der Waals surface area contributed by atoms with Gasteiger partial charge in [-0.2, -0.15) is 0 Å². The zero-order chi connectivity index (χ0) is 11.3. The molecule has 0 aliphatic carbocycles. The average Bonchev–Trinajstić information content (AvgIpc) is 2.17. The summed E-state index contributed by atoms with van der Waals surface area (Å²) >= 11 is 0. The molecule has 1 aliphatic rings. The van der Waals surface area contributed by atoms with Crippen LogP contribution < -0.4 is 4.90 Å². The van der Waals surface area contributed by atoms with Crippen molar-refractivity contribution in [3.63, 3.8) is 0 Å². The van der Waals surface area contributed by atoms with Crippen molar-refractivity contribution in [1.82, 2.24) is 0 Å². The molecule has 0 aromatic rings. The van der Waals surface area contributed by atoms with Crippen LogP contribution in [0.2, 0.25) is 0 Å². The van der Waals surface area contributed by atoms with E-state index in [1.165, 1.54) is 4.90 Å². The van der Waals surface area contributed by atoms with Crippen LogP contribution in [0, 0.1) is 5.92 Å². The van der Waals surface area contributed by atoms with Crippen LogP contribution in [0.15, 0.2) is 12.7 Å². The van der Waals surface area contributed by atoms with E-state index in [1.807, 2.05) is 6.08 Å². The van der Waals surface area contributed by atoms with E-state index in [0.29, 0.717) is 12.3 Å². The first-order chi connectivity index (χ1) is 7.01. The Kier molecular flexibility index (Phi) is 4.76. The largest absolute Gasteiger partial charge is 0.748 e. The molecule has 0 aromatic carbocycles. The summed E-state index contributed by atoms with van der Waals surface area (Å²) < 4.78 is 31.2. The minimum atomic E-state index is -4.02. The van der Waals surface area contributed by atoms with Crippen LogP contribution in [0.3, 0.4) is 0 Å². The van der Waals surface area contributed by atoms with Gasteiger partial charge in [0.15, 0.2) is 0 Å². The molecular weight excluding hydrogens is 214 g/mol. The maximum atomic E-state index is 10.4. The SMILES string of the molecule is C=CC1CC[NH+](CCCS(=O)(=O)[O-])CC1. The zero-order valence-electron chi connectivity index (χ0n) is 8.94. The van der Waals surface area contributed by atoms with Crippen LogP contribution in [0.5, 0.6) is 0 Å². The van der Waals surface area contributed by atoms with Crippen LogP contribution in [-0.4, -0.2) is 38.4 Å². The van der Waals surface area contributed by atoms with E-state index >= 15 is 0 Å². The van der Waals surface area contributed by atoms with Gasteiger partial charge in [0.25, 0.3) is 0 Å². The van der Waals surface area contributed by atoms with E-state index in [0.717, 1.165) is 32.5 Å². The molecule has 1 rings (SSSR count). The Morgan fingerprint density at radius 2 is 2.00 bits per heavy atom. The fraction of sp³-hybridized carbons (Fsp3) is 0.800. The van der Waals surface area contributed by atoms with E-state index in [1.54, 1.807) is 0 Å². The third-order valence-corrected chi connectivity index (χ3v) is 3.78. The molecule has 0 amide bonds.